The zero-order chi connectivity index (χ0) is 11.0. The molecule has 1 nitrogen and oxygen atoms in total. The minimum Gasteiger partial charge on any atom is -0.300 e. The first kappa shape index (κ1) is 12.9. The van der Waals surface area contributed by atoms with Gasteiger partial charge in [-0.05, 0) is 32.8 Å². The Labute approximate surface area is 87.2 Å². The maximum absolute atomic E-state index is 11.1. The quantitative estimate of drug-likeness (QED) is 0.607. The first-order valence-corrected chi connectivity index (χ1v) is 5.06. The topological polar surface area (TPSA) is 17.1 Å². The second-order valence-electron chi connectivity index (χ2n) is 3.48. The molecule has 0 aliphatic heterocycles. The molecule has 0 saturated carbocycles. The van der Waals surface area contributed by atoms with Gasteiger partial charge in [-0.3, -0.25) is 4.79 Å². The van der Waals surface area contributed by atoms with Crippen molar-refractivity contribution >= 4 is 5.78 Å². The molecule has 1 heteroatoms. The Balaban J connectivity index is 4.45. The molecule has 0 spiro atoms. The average Bonchev–Trinajstić information content (AvgIpc) is 2.14. The molecule has 0 saturated heterocycles. The van der Waals surface area contributed by atoms with Gasteiger partial charge < -0.3 is 0 Å². The van der Waals surface area contributed by atoms with E-state index in [2.05, 4.69) is 12.2 Å². The molecule has 78 valence electrons. The third kappa shape index (κ3) is 5.52. The van der Waals surface area contributed by atoms with Gasteiger partial charge in [0, 0.05) is 5.92 Å². The van der Waals surface area contributed by atoms with Crippen LogP contribution in [-0.2, 0) is 4.79 Å². The van der Waals surface area contributed by atoms with Gasteiger partial charge >= 0.3 is 0 Å². The van der Waals surface area contributed by atoms with Crippen molar-refractivity contribution in [2.24, 2.45) is 5.92 Å². The Kier molecular flexibility index (Phi) is 6.73. The zero-order valence-electron chi connectivity index (χ0n) is 9.58. The summed E-state index contributed by atoms with van der Waals surface area (Å²) in [6.07, 6.45) is 10.9. The van der Waals surface area contributed by atoms with Crippen LogP contribution in [0.3, 0.4) is 0 Å². The van der Waals surface area contributed by atoms with Crippen molar-refractivity contribution in [3.63, 3.8) is 0 Å². The monoisotopic (exact) mass is 192 g/mol. The second kappa shape index (κ2) is 7.31. The first-order chi connectivity index (χ1) is 6.61. The van der Waals surface area contributed by atoms with E-state index < -0.39 is 0 Å². The van der Waals surface area contributed by atoms with Gasteiger partial charge in [-0.2, -0.15) is 0 Å². The Morgan fingerprint density at radius 3 is 2.36 bits per heavy atom. The van der Waals surface area contributed by atoms with Crippen molar-refractivity contribution in [2.75, 3.05) is 0 Å². The lowest BCUT2D eigenvalue weighted by Crippen LogP contribution is -2.06. The Bertz CT molecular complexity index is 256. The fourth-order valence-corrected chi connectivity index (χ4v) is 1.12. The van der Waals surface area contributed by atoms with Gasteiger partial charge in [-0.15, -0.1) is 0 Å². The summed E-state index contributed by atoms with van der Waals surface area (Å²) in [4.78, 5) is 11.1. The highest BCUT2D eigenvalue weighted by molar-refractivity contribution is 5.78. The number of rotatable bonds is 5. The van der Waals surface area contributed by atoms with E-state index in [9.17, 15) is 4.79 Å². The number of allylic oxidation sites excluding steroid dienone is 6. The van der Waals surface area contributed by atoms with Gasteiger partial charge in [0.25, 0.3) is 0 Å². The van der Waals surface area contributed by atoms with Crippen molar-refractivity contribution in [1.29, 1.82) is 0 Å². The van der Waals surface area contributed by atoms with Crippen molar-refractivity contribution in [2.45, 2.75) is 34.1 Å². The van der Waals surface area contributed by atoms with Crippen LogP contribution in [0.15, 0.2) is 36.0 Å². The van der Waals surface area contributed by atoms with Gasteiger partial charge in [0.2, 0.25) is 0 Å². The van der Waals surface area contributed by atoms with E-state index in [1.807, 2.05) is 39.0 Å². The number of hydrogen-bond donors (Lipinski definition) is 0. The molecule has 0 aromatic heterocycles. The van der Waals surface area contributed by atoms with Gasteiger partial charge in [-0.1, -0.05) is 37.3 Å². The average molecular weight is 192 g/mol. The summed E-state index contributed by atoms with van der Waals surface area (Å²) in [5.74, 6) is 0.364. The van der Waals surface area contributed by atoms with Gasteiger partial charge in [-0.25, -0.2) is 0 Å². The fraction of sp³-hybridized carbons (Fsp3) is 0.462. The molecular weight excluding hydrogens is 172 g/mol. The van der Waals surface area contributed by atoms with Crippen LogP contribution >= 0.6 is 0 Å². The summed E-state index contributed by atoms with van der Waals surface area (Å²) in [6.45, 7) is 7.59. The van der Waals surface area contributed by atoms with E-state index in [-0.39, 0.29) is 11.7 Å². The third-order valence-electron chi connectivity index (χ3n) is 2.12. The molecule has 14 heavy (non-hydrogen) atoms. The number of carbonyl (C=O) groups excluding carboxylic acids is 1. The number of ketones is 1. The van der Waals surface area contributed by atoms with Crippen LogP contribution in [0.4, 0.5) is 0 Å². The third-order valence-corrected chi connectivity index (χ3v) is 2.12. The lowest BCUT2D eigenvalue weighted by Gasteiger charge is -2.07. The van der Waals surface area contributed by atoms with Crippen LogP contribution in [-0.4, -0.2) is 5.78 Å². The SMILES string of the molecule is C\C=C/C=C(\C=C/C)C[C@H](C)C(C)=O. The predicted molar refractivity (Wildman–Crippen MR) is 62.2 cm³/mol. The summed E-state index contributed by atoms with van der Waals surface area (Å²) in [7, 11) is 0. The van der Waals surface area contributed by atoms with Crippen LogP contribution in [0.5, 0.6) is 0 Å². The van der Waals surface area contributed by atoms with Gasteiger partial charge in [0.1, 0.15) is 5.78 Å². The number of carbonyl (C=O) groups is 1. The summed E-state index contributed by atoms with van der Waals surface area (Å²) < 4.78 is 0. The van der Waals surface area contributed by atoms with Crippen LogP contribution in [0.2, 0.25) is 0 Å². The standard InChI is InChI=1S/C13H20O/c1-5-7-9-13(8-6-2)10-11(3)12(4)14/h5-9,11H,10H2,1-4H3/b7-5-,8-6-,13-9+/t11-/m0/s1. The minimum atomic E-state index is 0.114. The lowest BCUT2D eigenvalue weighted by atomic mass is 9.97. The molecule has 0 aliphatic carbocycles. The molecule has 0 N–H and O–H groups in total. The van der Waals surface area contributed by atoms with Crippen molar-refractivity contribution < 1.29 is 4.79 Å². The fourth-order valence-electron chi connectivity index (χ4n) is 1.12. The largest absolute Gasteiger partial charge is 0.300 e. The molecule has 0 aromatic carbocycles. The molecule has 1 atom stereocenters. The maximum atomic E-state index is 11.1. The highest BCUT2D eigenvalue weighted by Gasteiger charge is 2.07. The molecule has 0 rings (SSSR count). The van der Waals surface area contributed by atoms with Crippen LogP contribution in [0.1, 0.15) is 34.1 Å². The molecule has 0 bridgehead atoms. The van der Waals surface area contributed by atoms with E-state index >= 15 is 0 Å². The van der Waals surface area contributed by atoms with Crippen LogP contribution < -0.4 is 0 Å². The van der Waals surface area contributed by atoms with Crippen LogP contribution in [0, 0.1) is 5.92 Å². The predicted octanol–water partition coefficient (Wildman–Crippen LogP) is 3.68. The Morgan fingerprint density at radius 1 is 1.29 bits per heavy atom. The summed E-state index contributed by atoms with van der Waals surface area (Å²) in [5, 5.41) is 0. The number of Topliss-reactive ketones (excluding diaryl/α,β-unsaturated/α-hetero) is 1. The molecule has 0 radical (unpaired) electrons. The molecule has 0 unspecified atom stereocenters. The summed E-state index contributed by atoms with van der Waals surface area (Å²) in [6, 6.07) is 0. The highest BCUT2D eigenvalue weighted by atomic mass is 16.1. The van der Waals surface area contributed by atoms with Gasteiger partial charge in [0.05, 0.1) is 0 Å². The zero-order valence-corrected chi connectivity index (χ0v) is 9.58. The van der Waals surface area contributed by atoms with Gasteiger partial charge in [0.15, 0.2) is 0 Å². The van der Waals surface area contributed by atoms with E-state index in [4.69, 9.17) is 0 Å². The molecule has 0 aromatic rings. The molecule has 0 fully saturated rings. The van der Waals surface area contributed by atoms with E-state index in [1.165, 1.54) is 5.57 Å². The molecule has 0 amide bonds. The van der Waals surface area contributed by atoms with E-state index in [0.29, 0.717) is 0 Å². The normalized spacial score (nSPS) is 15.3. The van der Waals surface area contributed by atoms with Crippen molar-refractivity contribution in [1.82, 2.24) is 0 Å². The molecular formula is C13H20O. The van der Waals surface area contributed by atoms with Crippen molar-refractivity contribution in [3.8, 4) is 0 Å². The smallest absolute Gasteiger partial charge is 0.132 e. The molecule has 0 aliphatic rings. The highest BCUT2D eigenvalue weighted by Crippen LogP contribution is 2.13. The molecule has 0 heterocycles. The van der Waals surface area contributed by atoms with E-state index in [1.54, 1.807) is 6.92 Å². The lowest BCUT2D eigenvalue weighted by molar-refractivity contribution is -0.120. The Hall–Kier alpha value is -1.11. The minimum absolute atomic E-state index is 0.114. The van der Waals surface area contributed by atoms with Crippen molar-refractivity contribution in [3.05, 3.63) is 36.0 Å². The van der Waals surface area contributed by atoms with Crippen LogP contribution in [0.25, 0.3) is 0 Å². The Morgan fingerprint density at radius 2 is 1.93 bits per heavy atom. The maximum Gasteiger partial charge on any atom is 0.132 e. The van der Waals surface area contributed by atoms with E-state index in [0.717, 1.165) is 6.42 Å². The second-order valence-corrected chi connectivity index (χ2v) is 3.48. The summed E-state index contributed by atoms with van der Waals surface area (Å²) in [5.41, 5.74) is 1.20. The number of hydrogen-bond acceptors (Lipinski definition) is 1. The first-order valence-electron chi connectivity index (χ1n) is 5.06. The summed E-state index contributed by atoms with van der Waals surface area (Å²) >= 11 is 0.